The Kier molecular flexibility index (Phi) is 4.53. The highest BCUT2D eigenvalue weighted by molar-refractivity contribution is 6.41. The third-order valence-electron chi connectivity index (χ3n) is 8.08. The van der Waals surface area contributed by atoms with Crippen LogP contribution >= 0.6 is 0 Å². The molecule has 31 heavy (non-hydrogen) atoms. The zero-order chi connectivity index (χ0) is 22.0. The molecular weight excluding hydrogens is 386 g/mol. The van der Waals surface area contributed by atoms with Crippen LogP contribution in [0, 0.1) is 18.3 Å². The number of benzene rings is 1. The van der Waals surface area contributed by atoms with Gasteiger partial charge in [0.25, 0.3) is 6.02 Å². The lowest BCUT2D eigenvalue weighted by atomic mass is 9.44. The predicted molar refractivity (Wildman–Crippen MR) is 126 cm³/mol. The van der Waals surface area contributed by atoms with Crippen molar-refractivity contribution < 1.29 is 9.47 Å². The Bertz CT molecular complexity index is 1080. The van der Waals surface area contributed by atoms with Gasteiger partial charge in [-0.05, 0) is 61.3 Å². The lowest BCUT2D eigenvalue weighted by molar-refractivity contribution is -0.0559. The number of amidine groups is 1. The number of aromatic nitrogens is 2. The number of aliphatic imine (C=N–C) groups is 1. The van der Waals surface area contributed by atoms with Crippen LogP contribution in [0.15, 0.2) is 35.7 Å². The van der Waals surface area contributed by atoms with Gasteiger partial charge in [-0.1, -0.05) is 19.1 Å². The van der Waals surface area contributed by atoms with Gasteiger partial charge in [0.05, 0.1) is 11.5 Å². The second-order valence-electron chi connectivity index (χ2n) is 10.1. The van der Waals surface area contributed by atoms with E-state index in [0.717, 1.165) is 42.5 Å². The van der Waals surface area contributed by atoms with Crippen molar-refractivity contribution in [2.45, 2.75) is 56.6 Å². The number of nitrogens with two attached hydrogens (primary N) is 1. The fourth-order valence-corrected chi connectivity index (χ4v) is 6.88. The Morgan fingerprint density at radius 3 is 2.74 bits per heavy atom. The van der Waals surface area contributed by atoms with Gasteiger partial charge in [-0.15, -0.1) is 0 Å². The molecule has 0 amide bonds. The van der Waals surface area contributed by atoms with E-state index in [1.54, 1.807) is 6.33 Å². The maximum atomic E-state index is 6.26. The summed E-state index contributed by atoms with van der Waals surface area (Å²) < 4.78 is 12.0. The normalized spacial score (nSPS) is 33.3. The Morgan fingerprint density at radius 1 is 1.29 bits per heavy atom. The standard InChI is InChI=1S/C23H30B2N4O2/c1-13-9-21(7-6-19(13)30-3)10-16-5-4-15(17-11-27-12-28-14(17)2)8-18(16)22(21)23(24,25)31-20(26)29-22/h4-5,8,11-13,19H,6-7,9-10,24-25H2,1-3H3,(H2,26,29)/t13-,19-,21-,22-/m0/s1. The van der Waals surface area contributed by atoms with E-state index in [0.29, 0.717) is 11.9 Å². The number of hydrogen-bond donors (Lipinski definition) is 1. The van der Waals surface area contributed by atoms with E-state index < -0.39 is 10.9 Å². The van der Waals surface area contributed by atoms with Crippen LogP contribution < -0.4 is 5.73 Å². The number of ether oxygens (including phenoxy) is 2. The molecule has 1 fully saturated rings. The van der Waals surface area contributed by atoms with Crippen LogP contribution in [0.5, 0.6) is 0 Å². The summed E-state index contributed by atoms with van der Waals surface area (Å²) in [7, 11) is 6.11. The molecule has 0 saturated heterocycles. The minimum Gasteiger partial charge on any atom is -0.475 e. The fourth-order valence-electron chi connectivity index (χ4n) is 6.88. The summed E-state index contributed by atoms with van der Waals surface area (Å²) in [6.45, 7) is 4.33. The number of aryl methyl sites for hydroxylation is 1. The molecule has 8 heteroatoms. The van der Waals surface area contributed by atoms with Gasteiger partial charge < -0.3 is 15.2 Å². The van der Waals surface area contributed by atoms with Crippen molar-refractivity contribution in [3.8, 4) is 11.1 Å². The van der Waals surface area contributed by atoms with Crippen molar-refractivity contribution in [2.24, 2.45) is 22.1 Å². The monoisotopic (exact) mass is 416 g/mol. The summed E-state index contributed by atoms with van der Waals surface area (Å²) >= 11 is 0. The number of fused-ring (bicyclic) bond motifs is 3. The van der Waals surface area contributed by atoms with Crippen LogP contribution in [-0.4, -0.2) is 50.3 Å². The van der Waals surface area contributed by atoms with E-state index in [4.69, 9.17) is 20.2 Å². The van der Waals surface area contributed by atoms with Crippen LogP contribution in [0.2, 0.25) is 0 Å². The largest absolute Gasteiger partial charge is 0.475 e. The summed E-state index contributed by atoms with van der Waals surface area (Å²) in [6, 6.07) is 7.04. The van der Waals surface area contributed by atoms with Crippen molar-refractivity contribution in [3.63, 3.8) is 0 Å². The van der Waals surface area contributed by atoms with Gasteiger partial charge in [-0.25, -0.2) is 15.0 Å². The number of hydrogen-bond acceptors (Lipinski definition) is 6. The molecule has 6 nitrogen and oxygen atoms in total. The zero-order valence-electron chi connectivity index (χ0n) is 19.1. The molecule has 2 heterocycles. The molecular formula is C23H30B2N4O2. The van der Waals surface area contributed by atoms with E-state index in [9.17, 15) is 0 Å². The second-order valence-corrected chi connectivity index (χ2v) is 10.1. The first-order chi connectivity index (χ1) is 14.7. The minimum atomic E-state index is -0.539. The average molecular weight is 416 g/mol. The van der Waals surface area contributed by atoms with Crippen molar-refractivity contribution in [3.05, 3.63) is 47.5 Å². The summed E-state index contributed by atoms with van der Waals surface area (Å²) in [5.74, 6) is 0.446. The molecule has 4 atom stereocenters. The Balaban J connectivity index is 1.71. The lowest BCUT2D eigenvalue weighted by Gasteiger charge is -2.53. The van der Waals surface area contributed by atoms with Crippen molar-refractivity contribution in [1.82, 2.24) is 9.97 Å². The maximum absolute atomic E-state index is 6.26. The molecule has 1 saturated carbocycles. The van der Waals surface area contributed by atoms with E-state index >= 15 is 0 Å². The lowest BCUT2D eigenvalue weighted by Crippen LogP contribution is -2.60. The molecule has 1 aromatic heterocycles. The molecule has 0 unspecified atom stereocenters. The third-order valence-corrected chi connectivity index (χ3v) is 8.08. The summed E-state index contributed by atoms with van der Waals surface area (Å²) in [5.41, 5.74) is 11.4. The van der Waals surface area contributed by atoms with Gasteiger partial charge in [0.15, 0.2) is 15.7 Å². The smallest absolute Gasteiger partial charge is 0.282 e. The Morgan fingerprint density at radius 2 is 2.10 bits per heavy atom. The molecule has 1 aromatic carbocycles. The first-order valence-corrected chi connectivity index (χ1v) is 11.2. The number of nitrogens with zero attached hydrogens (tertiary/aromatic N) is 3. The van der Waals surface area contributed by atoms with Crippen LogP contribution in [-0.2, 0) is 21.4 Å². The SMILES string of the molecule is BC1(B)OC(N)=N[C@]12c1cc(-c3cncnc3C)ccc1C[C@@]21CC[C@H](OC)[C@@H](C)C1. The highest BCUT2D eigenvalue weighted by atomic mass is 16.5. The van der Waals surface area contributed by atoms with Crippen molar-refractivity contribution >= 4 is 21.7 Å². The molecule has 2 N–H and O–H groups in total. The van der Waals surface area contributed by atoms with Crippen molar-refractivity contribution in [2.75, 3.05) is 7.11 Å². The molecule has 0 radical (unpaired) electrons. The van der Waals surface area contributed by atoms with Gasteiger partial charge in [0, 0.05) is 30.0 Å². The van der Waals surface area contributed by atoms with Crippen LogP contribution in [0.25, 0.3) is 11.1 Å². The van der Waals surface area contributed by atoms with Crippen LogP contribution in [0.4, 0.5) is 0 Å². The molecule has 5 rings (SSSR count). The van der Waals surface area contributed by atoms with Gasteiger partial charge in [-0.2, -0.15) is 0 Å². The van der Waals surface area contributed by atoms with Gasteiger partial charge in [0.2, 0.25) is 0 Å². The van der Waals surface area contributed by atoms with Gasteiger partial charge >= 0.3 is 0 Å². The zero-order valence-corrected chi connectivity index (χ0v) is 19.1. The van der Waals surface area contributed by atoms with Gasteiger partial charge in [0.1, 0.15) is 11.9 Å². The Labute approximate surface area is 185 Å². The average Bonchev–Trinajstić information content (AvgIpc) is 3.13. The maximum Gasteiger partial charge on any atom is 0.282 e. The molecule has 3 aliphatic rings. The summed E-state index contributed by atoms with van der Waals surface area (Å²) in [5, 5.41) is -0.539. The molecule has 2 spiro atoms. The predicted octanol–water partition coefficient (Wildman–Crippen LogP) is 1.29. The minimum absolute atomic E-state index is 0.0464. The molecule has 2 aliphatic carbocycles. The molecule has 160 valence electrons. The van der Waals surface area contributed by atoms with E-state index in [-0.39, 0.29) is 11.5 Å². The van der Waals surface area contributed by atoms with Crippen molar-refractivity contribution in [1.29, 1.82) is 0 Å². The van der Waals surface area contributed by atoms with Crippen LogP contribution in [0.3, 0.4) is 0 Å². The highest BCUT2D eigenvalue weighted by Crippen LogP contribution is 2.65. The van der Waals surface area contributed by atoms with E-state index in [2.05, 4.69) is 50.8 Å². The fraction of sp³-hybridized carbons (Fsp3) is 0.522. The Hall–Kier alpha value is -2.34. The number of rotatable bonds is 2. The van der Waals surface area contributed by atoms with Gasteiger partial charge in [-0.3, -0.25) is 0 Å². The molecule has 0 bridgehead atoms. The summed E-state index contributed by atoms with van der Waals surface area (Å²) in [6.07, 6.45) is 7.86. The van der Waals surface area contributed by atoms with Crippen LogP contribution in [0.1, 0.15) is 43.0 Å². The quantitative estimate of drug-likeness (QED) is 0.747. The first-order valence-electron chi connectivity index (χ1n) is 11.2. The topological polar surface area (TPSA) is 82.6 Å². The van der Waals surface area contributed by atoms with E-state index in [1.807, 2.05) is 20.2 Å². The molecule has 1 aliphatic heterocycles. The first kappa shape index (κ1) is 20.6. The third kappa shape index (κ3) is 2.73. The van der Waals surface area contributed by atoms with E-state index in [1.165, 1.54) is 11.1 Å². The number of methoxy groups -OCH3 is 1. The summed E-state index contributed by atoms with van der Waals surface area (Å²) in [4.78, 5) is 13.8. The molecule has 2 aromatic rings. The highest BCUT2D eigenvalue weighted by Gasteiger charge is 2.68. The second kappa shape index (κ2) is 6.83.